The van der Waals surface area contributed by atoms with E-state index < -0.39 is 28.6 Å². The lowest BCUT2D eigenvalue weighted by Crippen LogP contribution is -2.20. The second-order valence-electron chi connectivity index (χ2n) is 3.13. The zero-order chi connectivity index (χ0) is 12.3. The molecule has 0 heterocycles. The van der Waals surface area contributed by atoms with E-state index in [1.165, 1.54) is 0 Å². The normalized spacial score (nSPS) is 14.5. The molecule has 1 aromatic rings. The molecule has 88 valence electrons. The van der Waals surface area contributed by atoms with Gasteiger partial charge in [-0.3, -0.25) is 10.1 Å². The van der Waals surface area contributed by atoms with Gasteiger partial charge in [0.25, 0.3) is 5.69 Å². The zero-order valence-corrected chi connectivity index (χ0v) is 8.76. The van der Waals surface area contributed by atoms with Crippen LogP contribution >= 0.6 is 11.6 Å². The summed E-state index contributed by atoms with van der Waals surface area (Å²) < 4.78 is 12.8. The summed E-state index contributed by atoms with van der Waals surface area (Å²) in [4.78, 5) is 9.77. The molecule has 0 bridgehead atoms. The van der Waals surface area contributed by atoms with Gasteiger partial charge in [-0.05, 0) is 12.1 Å². The van der Waals surface area contributed by atoms with Crippen molar-refractivity contribution >= 4 is 17.3 Å². The lowest BCUT2D eigenvalue weighted by atomic mass is 10.0. The summed E-state index contributed by atoms with van der Waals surface area (Å²) in [5.74, 6) is -1.07. The maximum Gasteiger partial charge on any atom is 0.278 e. The van der Waals surface area contributed by atoms with Crippen LogP contribution in [0.5, 0.6) is 0 Å². The van der Waals surface area contributed by atoms with Crippen molar-refractivity contribution in [3.8, 4) is 0 Å². The molecule has 1 rings (SSSR count). The van der Waals surface area contributed by atoms with E-state index in [9.17, 15) is 24.7 Å². The molecule has 7 heteroatoms. The molecular weight excluding hydrogens is 241 g/mol. The van der Waals surface area contributed by atoms with Crippen LogP contribution in [0, 0.1) is 15.9 Å². The number of nitro benzene ring substituents is 1. The van der Waals surface area contributed by atoms with Gasteiger partial charge in [0.05, 0.1) is 28.5 Å². The Labute approximate surface area is 95.2 Å². The number of aliphatic hydroxyl groups excluding tert-OH is 2. The second kappa shape index (κ2) is 5.20. The highest BCUT2D eigenvalue weighted by molar-refractivity contribution is 6.18. The molecule has 0 aliphatic carbocycles. The molecule has 2 unspecified atom stereocenters. The molecule has 0 aliphatic rings. The van der Waals surface area contributed by atoms with E-state index in [-0.39, 0.29) is 11.4 Å². The zero-order valence-electron chi connectivity index (χ0n) is 8.01. The van der Waals surface area contributed by atoms with E-state index in [0.29, 0.717) is 6.07 Å². The quantitative estimate of drug-likeness (QED) is 0.480. The minimum Gasteiger partial charge on any atom is -0.389 e. The molecule has 0 saturated carbocycles. The van der Waals surface area contributed by atoms with Crippen LogP contribution in [0.15, 0.2) is 18.2 Å². The first kappa shape index (κ1) is 12.8. The molecule has 0 saturated heterocycles. The second-order valence-corrected chi connectivity index (χ2v) is 3.44. The predicted octanol–water partition coefficient (Wildman–Crippen LogP) is 1.37. The van der Waals surface area contributed by atoms with Crippen molar-refractivity contribution in [2.45, 2.75) is 12.2 Å². The average molecular weight is 250 g/mol. The van der Waals surface area contributed by atoms with Crippen LogP contribution in [-0.4, -0.2) is 27.1 Å². The third-order valence-corrected chi connectivity index (χ3v) is 2.35. The Balaban J connectivity index is 3.17. The number of nitrogens with zero attached hydrogens (tertiary/aromatic N) is 1. The maximum absolute atomic E-state index is 12.8. The first-order valence-corrected chi connectivity index (χ1v) is 4.86. The van der Waals surface area contributed by atoms with E-state index in [2.05, 4.69) is 0 Å². The van der Waals surface area contributed by atoms with Gasteiger partial charge in [-0.1, -0.05) is 0 Å². The average Bonchev–Trinajstić information content (AvgIpc) is 2.26. The van der Waals surface area contributed by atoms with Crippen molar-refractivity contribution in [2.75, 3.05) is 5.88 Å². The van der Waals surface area contributed by atoms with Crippen LogP contribution in [0.1, 0.15) is 11.7 Å². The molecule has 0 amide bonds. The summed E-state index contributed by atoms with van der Waals surface area (Å²) >= 11 is 5.31. The Morgan fingerprint density at radius 2 is 2.12 bits per heavy atom. The number of nitro groups is 1. The van der Waals surface area contributed by atoms with E-state index in [1.54, 1.807) is 0 Å². The number of hydrogen-bond donors (Lipinski definition) is 2. The molecule has 0 radical (unpaired) electrons. The van der Waals surface area contributed by atoms with Crippen molar-refractivity contribution in [3.63, 3.8) is 0 Å². The highest BCUT2D eigenvalue weighted by atomic mass is 35.5. The largest absolute Gasteiger partial charge is 0.389 e. The Bertz CT molecular complexity index is 401. The standard InChI is InChI=1S/C9H9ClFNO4/c10-4-8(13)9(14)6-2-1-5(11)3-7(6)12(15)16/h1-3,8-9,13-14H,4H2. The number of halogens is 2. The minimum absolute atomic E-state index is 0.167. The summed E-state index contributed by atoms with van der Waals surface area (Å²) in [6, 6.07) is 2.69. The van der Waals surface area contributed by atoms with Gasteiger partial charge < -0.3 is 10.2 Å². The Morgan fingerprint density at radius 3 is 2.62 bits per heavy atom. The van der Waals surface area contributed by atoms with Gasteiger partial charge in [-0.25, -0.2) is 4.39 Å². The Kier molecular flexibility index (Phi) is 4.17. The van der Waals surface area contributed by atoms with Crippen molar-refractivity contribution in [2.24, 2.45) is 0 Å². The van der Waals surface area contributed by atoms with Crippen molar-refractivity contribution in [1.29, 1.82) is 0 Å². The Hall–Kier alpha value is -1.24. The van der Waals surface area contributed by atoms with E-state index in [4.69, 9.17) is 11.6 Å². The fourth-order valence-corrected chi connectivity index (χ4v) is 1.39. The van der Waals surface area contributed by atoms with Gasteiger partial charge in [0.2, 0.25) is 0 Å². The molecule has 2 N–H and O–H groups in total. The van der Waals surface area contributed by atoms with Gasteiger partial charge in [0, 0.05) is 0 Å². The number of hydrogen-bond acceptors (Lipinski definition) is 4. The fraction of sp³-hybridized carbons (Fsp3) is 0.333. The smallest absolute Gasteiger partial charge is 0.278 e. The monoisotopic (exact) mass is 249 g/mol. The van der Waals surface area contributed by atoms with E-state index in [1.807, 2.05) is 0 Å². The summed E-state index contributed by atoms with van der Waals surface area (Å²) in [6.45, 7) is 0. The van der Waals surface area contributed by atoms with E-state index >= 15 is 0 Å². The minimum atomic E-state index is -1.52. The molecule has 0 fully saturated rings. The molecule has 0 aliphatic heterocycles. The summed E-state index contributed by atoms with van der Waals surface area (Å²) in [6.07, 6.45) is -2.86. The highest BCUT2D eigenvalue weighted by Gasteiger charge is 2.26. The molecule has 1 aromatic carbocycles. The number of aliphatic hydroxyl groups is 2. The van der Waals surface area contributed by atoms with Gasteiger partial charge in [0.15, 0.2) is 0 Å². The molecule has 2 atom stereocenters. The molecule has 5 nitrogen and oxygen atoms in total. The lowest BCUT2D eigenvalue weighted by molar-refractivity contribution is -0.386. The van der Waals surface area contributed by atoms with E-state index in [0.717, 1.165) is 12.1 Å². The Morgan fingerprint density at radius 1 is 1.50 bits per heavy atom. The first-order valence-electron chi connectivity index (χ1n) is 4.33. The molecule has 0 aromatic heterocycles. The van der Waals surface area contributed by atoms with Crippen molar-refractivity contribution < 1.29 is 19.5 Å². The highest BCUT2D eigenvalue weighted by Crippen LogP contribution is 2.28. The molecule has 0 spiro atoms. The fourth-order valence-electron chi connectivity index (χ4n) is 1.22. The van der Waals surface area contributed by atoms with Crippen molar-refractivity contribution in [3.05, 3.63) is 39.7 Å². The summed E-state index contributed by atoms with van der Waals surface area (Å²) in [7, 11) is 0. The van der Waals surface area contributed by atoms with Crippen LogP contribution in [0.2, 0.25) is 0 Å². The molecule has 16 heavy (non-hydrogen) atoms. The number of benzene rings is 1. The van der Waals surface area contributed by atoms with Gasteiger partial charge >= 0.3 is 0 Å². The first-order chi connectivity index (χ1) is 7.47. The van der Waals surface area contributed by atoms with Crippen LogP contribution in [0.3, 0.4) is 0 Å². The third kappa shape index (κ3) is 2.66. The lowest BCUT2D eigenvalue weighted by Gasteiger charge is -2.15. The SMILES string of the molecule is O=[N+]([O-])c1cc(F)ccc1C(O)C(O)CCl. The number of alkyl halides is 1. The summed E-state index contributed by atoms with van der Waals surface area (Å²) in [5, 5.41) is 29.4. The van der Waals surface area contributed by atoms with Crippen LogP contribution < -0.4 is 0 Å². The topological polar surface area (TPSA) is 83.6 Å². The van der Waals surface area contributed by atoms with Crippen LogP contribution in [0.25, 0.3) is 0 Å². The maximum atomic E-state index is 12.8. The van der Waals surface area contributed by atoms with Gasteiger partial charge in [-0.2, -0.15) is 0 Å². The summed E-state index contributed by atoms with van der Waals surface area (Å²) in [5.41, 5.74) is -0.754. The predicted molar refractivity (Wildman–Crippen MR) is 54.7 cm³/mol. The van der Waals surface area contributed by atoms with Crippen molar-refractivity contribution in [1.82, 2.24) is 0 Å². The molecular formula is C9H9ClFNO4. The van der Waals surface area contributed by atoms with Gasteiger partial charge in [-0.15, -0.1) is 11.6 Å². The number of rotatable bonds is 4. The van der Waals surface area contributed by atoms with Crippen LogP contribution in [0.4, 0.5) is 10.1 Å². The van der Waals surface area contributed by atoms with Crippen LogP contribution in [-0.2, 0) is 0 Å². The van der Waals surface area contributed by atoms with Gasteiger partial charge in [0.1, 0.15) is 11.9 Å². The third-order valence-electron chi connectivity index (χ3n) is 2.03.